The summed E-state index contributed by atoms with van der Waals surface area (Å²) < 4.78 is 2.05. The van der Waals surface area contributed by atoms with Crippen LogP contribution in [0, 0.1) is 5.92 Å². The Labute approximate surface area is 164 Å². The molecule has 2 aromatic rings. The van der Waals surface area contributed by atoms with E-state index in [0.29, 0.717) is 12.2 Å². The number of carbonyl (C=O) groups excluding carboxylic acids is 2. The average Bonchev–Trinajstić information content (AvgIpc) is 3.12. The van der Waals surface area contributed by atoms with E-state index in [2.05, 4.69) is 25.7 Å². The van der Waals surface area contributed by atoms with Crippen LogP contribution >= 0.6 is 0 Å². The molecule has 2 unspecified atom stereocenters. The number of carbonyl (C=O) groups is 2. The summed E-state index contributed by atoms with van der Waals surface area (Å²) in [6.07, 6.45) is 10.00. The van der Waals surface area contributed by atoms with Crippen molar-refractivity contribution in [2.24, 2.45) is 5.92 Å². The first kappa shape index (κ1) is 18.6. The lowest BCUT2D eigenvalue weighted by Gasteiger charge is -2.28. The van der Waals surface area contributed by atoms with Gasteiger partial charge in [-0.2, -0.15) is 5.10 Å². The van der Waals surface area contributed by atoms with Gasteiger partial charge in [0.15, 0.2) is 0 Å². The van der Waals surface area contributed by atoms with Crippen LogP contribution < -0.4 is 10.6 Å². The van der Waals surface area contributed by atoms with E-state index in [4.69, 9.17) is 0 Å². The van der Waals surface area contributed by atoms with Crippen molar-refractivity contribution in [1.82, 2.24) is 25.1 Å². The normalized spacial score (nSPS) is 21.6. The zero-order valence-electron chi connectivity index (χ0n) is 16.1. The molecule has 0 aromatic carbocycles. The van der Waals surface area contributed by atoms with Gasteiger partial charge in [0, 0.05) is 42.8 Å². The van der Waals surface area contributed by atoms with Gasteiger partial charge in [-0.3, -0.25) is 14.3 Å². The summed E-state index contributed by atoms with van der Waals surface area (Å²) in [5, 5.41) is 10.3. The van der Waals surface area contributed by atoms with Crippen LogP contribution in [0.5, 0.6) is 0 Å². The summed E-state index contributed by atoms with van der Waals surface area (Å²) in [4.78, 5) is 32.6. The molecule has 2 atom stereocenters. The van der Waals surface area contributed by atoms with Crippen molar-refractivity contribution in [2.75, 3.05) is 5.32 Å². The van der Waals surface area contributed by atoms with E-state index in [1.54, 1.807) is 0 Å². The molecule has 2 aromatic heterocycles. The molecule has 1 aliphatic heterocycles. The van der Waals surface area contributed by atoms with Crippen molar-refractivity contribution in [3.8, 4) is 11.3 Å². The highest BCUT2D eigenvalue weighted by molar-refractivity contribution is 5.92. The van der Waals surface area contributed by atoms with E-state index in [-0.39, 0.29) is 23.8 Å². The Hall–Kier alpha value is -2.77. The van der Waals surface area contributed by atoms with E-state index in [0.717, 1.165) is 56.3 Å². The number of rotatable bonds is 4. The highest BCUT2D eigenvalue weighted by atomic mass is 16.2. The quantitative estimate of drug-likeness (QED) is 0.845. The van der Waals surface area contributed by atoms with Crippen LogP contribution in [-0.4, -0.2) is 37.6 Å². The summed E-state index contributed by atoms with van der Waals surface area (Å²) >= 11 is 0. The van der Waals surface area contributed by atoms with Crippen LogP contribution in [0.4, 0.5) is 5.82 Å². The fraction of sp³-hybridized carbons (Fsp3) is 0.550. The third kappa shape index (κ3) is 4.05. The third-order valence-electron chi connectivity index (χ3n) is 5.63. The molecule has 1 aliphatic carbocycles. The number of nitrogens with zero attached hydrogens (tertiary/aromatic N) is 4. The van der Waals surface area contributed by atoms with Gasteiger partial charge < -0.3 is 10.6 Å². The molecular weight excluding hydrogens is 356 g/mol. The minimum Gasteiger partial charge on any atom is -0.354 e. The van der Waals surface area contributed by atoms with Gasteiger partial charge in [0.2, 0.25) is 11.8 Å². The van der Waals surface area contributed by atoms with E-state index >= 15 is 0 Å². The minimum absolute atomic E-state index is 0.0447. The number of aromatic nitrogens is 4. The molecule has 2 aliphatic rings. The second kappa shape index (κ2) is 8.08. The van der Waals surface area contributed by atoms with Crippen LogP contribution in [0.15, 0.2) is 18.6 Å². The summed E-state index contributed by atoms with van der Waals surface area (Å²) in [5.74, 6) is 0.299. The first-order valence-corrected chi connectivity index (χ1v) is 10.0. The lowest BCUT2D eigenvalue weighted by molar-refractivity contribution is -0.123. The number of hydrogen-bond acceptors (Lipinski definition) is 5. The summed E-state index contributed by atoms with van der Waals surface area (Å²) in [6, 6.07) is 1.89. The lowest BCUT2D eigenvalue weighted by Crippen LogP contribution is -2.40. The van der Waals surface area contributed by atoms with Crippen molar-refractivity contribution in [3.05, 3.63) is 24.3 Å². The first-order valence-electron chi connectivity index (χ1n) is 10.0. The molecular formula is C20H26N6O2. The van der Waals surface area contributed by atoms with Gasteiger partial charge in [-0.1, -0.05) is 6.42 Å². The van der Waals surface area contributed by atoms with E-state index in [1.807, 2.05) is 16.9 Å². The Morgan fingerprint density at radius 2 is 2.07 bits per heavy atom. The van der Waals surface area contributed by atoms with Crippen molar-refractivity contribution < 1.29 is 9.59 Å². The number of hydrogen-bond donors (Lipinski definition) is 2. The van der Waals surface area contributed by atoms with Gasteiger partial charge in [-0.25, -0.2) is 9.97 Å². The van der Waals surface area contributed by atoms with E-state index < -0.39 is 0 Å². The molecule has 0 spiro atoms. The molecule has 0 saturated heterocycles. The lowest BCUT2D eigenvalue weighted by atomic mass is 9.85. The zero-order chi connectivity index (χ0) is 19.5. The first-order chi connectivity index (χ1) is 13.6. The van der Waals surface area contributed by atoms with Crippen molar-refractivity contribution >= 4 is 17.6 Å². The van der Waals surface area contributed by atoms with Gasteiger partial charge >= 0.3 is 0 Å². The molecule has 2 amide bonds. The number of fused-ring (bicyclic) bond motifs is 1. The predicted octanol–water partition coefficient (Wildman–Crippen LogP) is 2.31. The Kier molecular flexibility index (Phi) is 5.36. The molecule has 1 fully saturated rings. The maximum atomic E-state index is 12.7. The Balaban J connectivity index is 1.45. The van der Waals surface area contributed by atoms with Crippen molar-refractivity contribution in [1.29, 1.82) is 0 Å². The topological polar surface area (TPSA) is 102 Å². The molecule has 0 radical (unpaired) electrons. The molecule has 28 heavy (non-hydrogen) atoms. The summed E-state index contributed by atoms with van der Waals surface area (Å²) in [6.45, 7) is 2.46. The highest BCUT2D eigenvalue weighted by Crippen LogP contribution is 2.28. The van der Waals surface area contributed by atoms with Gasteiger partial charge in [-0.15, -0.1) is 0 Å². The monoisotopic (exact) mass is 382 g/mol. The molecule has 8 heteroatoms. The van der Waals surface area contributed by atoms with Crippen molar-refractivity contribution in [3.63, 3.8) is 0 Å². The van der Waals surface area contributed by atoms with Gasteiger partial charge in [0.05, 0.1) is 11.9 Å². The predicted molar refractivity (Wildman–Crippen MR) is 104 cm³/mol. The minimum atomic E-state index is -0.118. The third-order valence-corrected chi connectivity index (χ3v) is 5.63. The fourth-order valence-corrected chi connectivity index (χ4v) is 4.28. The SMILES string of the molecule is CC(=O)NC1CCCC(C(=O)Nc2cc(-c3cnn4c3CCCC4)ncn2)C1. The average molecular weight is 382 g/mol. The Bertz CT molecular complexity index is 877. The molecule has 148 valence electrons. The molecule has 1 saturated carbocycles. The summed E-state index contributed by atoms with van der Waals surface area (Å²) in [5.41, 5.74) is 3.00. The van der Waals surface area contributed by atoms with Gasteiger partial charge in [0.25, 0.3) is 0 Å². The smallest absolute Gasteiger partial charge is 0.228 e. The van der Waals surface area contributed by atoms with Crippen LogP contribution in [-0.2, 0) is 22.6 Å². The molecule has 8 nitrogen and oxygen atoms in total. The number of amides is 2. The maximum absolute atomic E-state index is 12.7. The van der Waals surface area contributed by atoms with Gasteiger partial charge in [0.1, 0.15) is 12.1 Å². The Morgan fingerprint density at radius 1 is 1.18 bits per heavy atom. The maximum Gasteiger partial charge on any atom is 0.228 e. The van der Waals surface area contributed by atoms with E-state index in [1.165, 1.54) is 18.9 Å². The molecule has 3 heterocycles. The standard InChI is InChI=1S/C20H26N6O2/c1-13(27)24-15-6-4-5-14(9-15)20(28)25-19-10-17(21-12-22-19)16-11-23-26-8-3-2-7-18(16)26/h10-12,14-15H,2-9H2,1H3,(H,24,27)(H,21,22,25,28). The molecule has 0 bridgehead atoms. The van der Waals surface area contributed by atoms with Gasteiger partial charge in [-0.05, 0) is 38.5 Å². The number of nitrogens with one attached hydrogen (secondary N) is 2. The van der Waals surface area contributed by atoms with Crippen molar-refractivity contribution in [2.45, 2.75) is 64.5 Å². The fourth-order valence-electron chi connectivity index (χ4n) is 4.28. The second-order valence-electron chi connectivity index (χ2n) is 7.72. The van der Waals surface area contributed by atoms with Crippen LogP contribution in [0.1, 0.15) is 51.1 Å². The van der Waals surface area contributed by atoms with Crippen LogP contribution in [0.3, 0.4) is 0 Å². The zero-order valence-corrected chi connectivity index (χ0v) is 16.1. The summed E-state index contributed by atoms with van der Waals surface area (Å²) in [7, 11) is 0. The largest absolute Gasteiger partial charge is 0.354 e. The Morgan fingerprint density at radius 3 is 2.93 bits per heavy atom. The number of aryl methyl sites for hydroxylation is 1. The van der Waals surface area contributed by atoms with E-state index in [9.17, 15) is 9.59 Å². The van der Waals surface area contributed by atoms with Crippen LogP contribution in [0.2, 0.25) is 0 Å². The molecule has 4 rings (SSSR count). The van der Waals surface area contributed by atoms with Crippen LogP contribution in [0.25, 0.3) is 11.3 Å². The highest BCUT2D eigenvalue weighted by Gasteiger charge is 2.28. The number of anilines is 1. The second-order valence-corrected chi connectivity index (χ2v) is 7.72. The molecule has 2 N–H and O–H groups in total.